The van der Waals surface area contributed by atoms with Crippen LogP contribution in [0.2, 0.25) is 0 Å². The molecule has 1 saturated heterocycles. The van der Waals surface area contributed by atoms with Gasteiger partial charge in [-0.3, -0.25) is 9.69 Å². The van der Waals surface area contributed by atoms with Gasteiger partial charge in [-0.25, -0.2) is 4.79 Å². The Morgan fingerprint density at radius 1 is 1.00 bits per heavy atom. The number of piperazine rings is 1. The topological polar surface area (TPSA) is 49.9 Å². The van der Waals surface area contributed by atoms with Crippen molar-refractivity contribution in [2.45, 2.75) is 33.4 Å². The molecule has 1 aliphatic rings. The highest BCUT2D eigenvalue weighted by Gasteiger charge is 2.27. The van der Waals surface area contributed by atoms with Gasteiger partial charge in [-0.15, -0.1) is 0 Å². The first-order chi connectivity index (χ1) is 13.4. The van der Waals surface area contributed by atoms with Gasteiger partial charge in [0, 0.05) is 32.7 Å². The molecule has 1 atom stereocenters. The van der Waals surface area contributed by atoms with E-state index in [-0.39, 0.29) is 5.91 Å². The summed E-state index contributed by atoms with van der Waals surface area (Å²) in [6.45, 7) is 9.33. The molecule has 148 valence electrons. The zero-order valence-electron chi connectivity index (χ0n) is 16.9. The molecule has 5 nitrogen and oxygen atoms in total. The lowest BCUT2D eigenvalue weighted by Gasteiger charge is -2.35. The van der Waals surface area contributed by atoms with Crippen LogP contribution in [0.4, 0.5) is 0 Å². The Morgan fingerprint density at radius 2 is 1.68 bits per heavy atom. The highest BCUT2D eigenvalue weighted by atomic mass is 16.5. The van der Waals surface area contributed by atoms with Gasteiger partial charge in [-0.1, -0.05) is 48.0 Å². The zero-order chi connectivity index (χ0) is 20.1. The van der Waals surface area contributed by atoms with Gasteiger partial charge in [0.15, 0.2) is 6.10 Å². The number of rotatable bonds is 5. The predicted octanol–water partition coefficient (Wildman–Crippen LogP) is 3.19. The molecule has 0 radical (unpaired) electrons. The van der Waals surface area contributed by atoms with Gasteiger partial charge >= 0.3 is 5.97 Å². The summed E-state index contributed by atoms with van der Waals surface area (Å²) >= 11 is 0. The molecular weight excluding hydrogens is 352 g/mol. The zero-order valence-corrected chi connectivity index (χ0v) is 16.9. The summed E-state index contributed by atoms with van der Waals surface area (Å²) in [6.07, 6.45) is -0.783. The fourth-order valence-electron chi connectivity index (χ4n) is 3.54. The van der Waals surface area contributed by atoms with Crippen LogP contribution in [0, 0.1) is 13.8 Å². The van der Waals surface area contributed by atoms with Crippen molar-refractivity contribution in [1.82, 2.24) is 9.80 Å². The Hall–Kier alpha value is -2.66. The largest absolute Gasteiger partial charge is 0.449 e. The number of carbonyl (C=O) groups is 2. The second-order valence-corrected chi connectivity index (χ2v) is 7.45. The van der Waals surface area contributed by atoms with Crippen LogP contribution in [0.5, 0.6) is 0 Å². The molecule has 5 heteroatoms. The van der Waals surface area contributed by atoms with E-state index >= 15 is 0 Å². The van der Waals surface area contributed by atoms with Crippen molar-refractivity contribution in [2.24, 2.45) is 0 Å². The van der Waals surface area contributed by atoms with Crippen LogP contribution in [0.25, 0.3) is 0 Å². The predicted molar refractivity (Wildman–Crippen MR) is 109 cm³/mol. The van der Waals surface area contributed by atoms with Gasteiger partial charge in [-0.05, 0) is 38.0 Å². The first-order valence-electron chi connectivity index (χ1n) is 9.77. The van der Waals surface area contributed by atoms with Crippen LogP contribution in [0.15, 0.2) is 48.5 Å². The summed E-state index contributed by atoms with van der Waals surface area (Å²) < 4.78 is 5.45. The third kappa shape index (κ3) is 4.98. The molecule has 1 fully saturated rings. The highest BCUT2D eigenvalue weighted by molar-refractivity contribution is 5.93. The Labute approximate surface area is 166 Å². The van der Waals surface area contributed by atoms with Crippen LogP contribution in [-0.4, -0.2) is 54.0 Å². The Balaban J connectivity index is 1.51. The number of carbonyl (C=O) groups excluding carboxylic acids is 2. The number of hydrogen-bond acceptors (Lipinski definition) is 4. The average molecular weight is 380 g/mol. The van der Waals surface area contributed by atoms with E-state index in [0.29, 0.717) is 18.7 Å². The minimum Gasteiger partial charge on any atom is -0.449 e. The number of ether oxygens (including phenoxy) is 1. The molecule has 0 aromatic heterocycles. The van der Waals surface area contributed by atoms with E-state index in [4.69, 9.17) is 4.74 Å². The van der Waals surface area contributed by atoms with Gasteiger partial charge in [-0.2, -0.15) is 0 Å². The minimum atomic E-state index is -0.783. The Bertz CT molecular complexity index is 827. The quantitative estimate of drug-likeness (QED) is 0.748. The second kappa shape index (κ2) is 9.02. The van der Waals surface area contributed by atoms with Gasteiger partial charge in [0.2, 0.25) is 0 Å². The molecular formula is C23H28N2O3. The van der Waals surface area contributed by atoms with E-state index in [0.717, 1.165) is 30.8 Å². The molecule has 1 aliphatic heterocycles. The van der Waals surface area contributed by atoms with Crippen LogP contribution in [0.1, 0.15) is 34.0 Å². The Morgan fingerprint density at radius 3 is 2.32 bits per heavy atom. The molecule has 0 saturated carbocycles. The second-order valence-electron chi connectivity index (χ2n) is 7.45. The van der Waals surface area contributed by atoms with Crippen molar-refractivity contribution < 1.29 is 14.3 Å². The normalized spacial score (nSPS) is 15.9. The minimum absolute atomic E-state index is 0.127. The fraction of sp³-hybridized carbons (Fsp3) is 0.391. The van der Waals surface area contributed by atoms with Crippen LogP contribution < -0.4 is 0 Å². The van der Waals surface area contributed by atoms with E-state index in [2.05, 4.69) is 17.0 Å². The van der Waals surface area contributed by atoms with Crippen molar-refractivity contribution in [3.8, 4) is 0 Å². The van der Waals surface area contributed by atoms with Crippen molar-refractivity contribution >= 4 is 11.9 Å². The molecule has 0 spiro atoms. The van der Waals surface area contributed by atoms with Gasteiger partial charge in [0.05, 0.1) is 5.56 Å². The smallest absolute Gasteiger partial charge is 0.339 e. The molecule has 2 aromatic carbocycles. The van der Waals surface area contributed by atoms with E-state index < -0.39 is 12.1 Å². The highest BCUT2D eigenvalue weighted by Crippen LogP contribution is 2.15. The maximum absolute atomic E-state index is 12.7. The molecule has 2 aromatic rings. The third-order valence-corrected chi connectivity index (χ3v) is 5.17. The van der Waals surface area contributed by atoms with Gasteiger partial charge in [0.1, 0.15) is 0 Å². The summed E-state index contributed by atoms with van der Waals surface area (Å²) in [5, 5.41) is 0. The number of hydrogen-bond donors (Lipinski definition) is 0. The van der Waals surface area contributed by atoms with E-state index in [9.17, 15) is 9.59 Å². The van der Waals surface area contributed by atoms with Gasteiger partial charge < -0.3 is 9.64 Å². The van der Waals surface area contributed by atoms with Crippen LogP contribution in [0.3, 0.4) is 0 Å². The molecule has 0 bridgehead atoms. The van der Waals surface area contributed by atoms with Gasteiger partial charge in [0.25, 0.3) is 5.91 Å². The average Bonchev–Trinajstić information content (AvgIpc) is 2.68. The third-order valence-electron chi connectivity index (χ3n) is 5.17. The molecule has 0 N–H and O–H groups in total. The number of benzene rings is 2. The summed E-state index contributed by atoms with van der Waals surface area (Å²) in [4.78, 5) is 29.3. The number of nitrogens with zero attached hydrogens (tertiary/aromatic N) is 2. The first kappa shape index (κ1) is 20.1. The molecule has 1 heterocycles. The van der Waals surface area contributed by atoms with Crippen molar-refractivity contribution in [3.63, 3.8) is 0 Å². The lowest BCUT2D eigenvalue weighted by atomic mass is 10.1. The van der Waals surface area contributed by atoms with Crippen LogP contribution >= 0.6 is 0 Å². The summed E-state index contributed by atoms with van der Waals surface area (Å²) in [5.74, 6) is -0.571. The van der Waals surface area contributed by atoms with Crippen molar-refractivity contribution in [1.29, 1.82) is 0 Å². The molecule has 1 amide bonds. The maximum Gasteiger partial charge on any atom is 0.339 e. The lowest BCUT2D eigenvalue weighted by molar-refractivity contribution is -0.141. The summed E-state index contributed by atoms with van der Waals surface area (Å²) in [5.41, 5.74) is 3.74. The van der Waals surface area contributed by atoms with E-state index in [1.54, 1.807) is 17.9 Å². The van der Waals surface area contributed by atoms with E-state index in [1.807, 2.05) is 44.2 Å². The van der Waals surface area contributed by atoms with Crippen molar-refractivity contribution in [2.75, 3.05) is 26.2 Å². The number of amides is 1. The first-order valence-corrected chi connectivity index (χ1v) is 9.77. The van der Waals surface area contributed by atoms with E-state index in [1.165, 1.54) is 5.56 Å². The molecule has 0 aliphatic carbocycles. The number of esters is 1. The standard InChI is InChI=1S/C23H28N2O3/c1-17-9-10-21(18(2)15-17)23(27)28-19(3)22(26)25-13-11-24(12-14-25)16-20-7-5-4-6-8-20/h4-10,15,19H,11-14,16H2,1-3H3. The molecule has 28 heavy (non-hydrogen) atoms. The summed E-state index contributed by atoms with van der Waals surface area (Å²) in [6, 6.07) is 15.9. The SMILES string of the molecule is Cc1ccc(C(=O)OC(C)C(=O)N2CCN(Cc3ccccc3)CC2)c(C)c1. The lowest BCUT2D eigenvalue weighted by Crippen LogP contribution is -2.51. The molecule has 3 rings (SSSR count). The molecule has 1 unspecified atom stereocenters. The fourth-order valence-corrected chi connectivity index (χ4v) is 3.54. The van der Waals surface area contributed by atoms with Crippen LogP contribution in [-0.2, 0) is 16.1 Å². The Kier molecular flexibility index (Phi) is 6.47. The maximum atomic E-state index is 12.7. The number of aryl methyl sites for hydroxylation is 2. The summed E-state index contributed by atoms with van der Waals surface area (Å²) in [7, 11) is 0. The van der Waals surface area contributed by atoms with Crippen molar-refractivity contribution in [3.05, 3.63) is 70.8 Å². The monoisotopic (exact) mass is 380 g/mol.